The fourth-order valence-corrected chi connectivity index (χ4v) is 2.99. The number of nitrogen functional groups attached to an aromatic ring is 1. The highest BCUT2D eigenvalue weighted by molar-refractivity contribution is 7.99. The second-order valence-corrected chi connectivity index (χ2v) is 5.66. The number of aliphatic hydroxyl groups excluding tert-OH is 1. The van der Waals surface area contributed by atoms with Gasteiger partial charge in [0, 0.05) is 23.6 Å². The summed E-state index contributed by atoms with van der Waals surface area (Å²) in [5.41, 5.74) is 6.42. The Morgan fingerprint density at radius 2 is 2.14 bits per heavy atom. The molecule has 2 aromatic rings. The van der Waals surface area contributed by atoms with Crippen molar-refractivity contribution in [2.75, 3.05) is 17.7 Å². The second kappa shape index (κ2) is 4.90. The molecule has 3 rings (SSSR count). The number of likely N-dealkylation sites (N-methyl/N-ethyl adjacent to an activating group) is 1. The molecule has 0 radical (unpaired) electrons. The topological polar surface area (TPSA) is 112 Å². The van der Waals surface area contributed by atoms with E-state index in [0.29, 0.717) is 16.4 Å². The summed E-state index contributed by atoms with van der Waals surface area (Å²) in [5.74, 6) is -0.215. The van der Waals surface area contributed by atoms with E-state index in [4.69, 9.17) is 5.73 Å². The Kier molecular flexibility index (Phi) is 3.19. The van der Waals surface area contributed by atoms with Gasteiger partial charge < -0.3 is 20.7 Å². The molecule has 1 aliphatic rings. The number of aromatic amines is 1. The number of fused-ring (bicyclic) bond motifs is 1. The number of anilines is 2. The minimum atomic E-state index is -1.12. The Balaban J connectivity index is 1.95. The summed E-state index contributed by atoms with van der Waals surface area (Å²) in [7, 11) is 1.60. The van der Waals surface area contributed by atoms with Crippen LogP contribution in [0.4, 0.5) is 11.5 Å². The SMILES string of the molecule is CN1C(=O)C(O)c2ccc(Sc3nc(N)cc(=O)[nH]3)cc21. The van der Waals surface area contributed by atoms with E-state index in [0.717, 1.165) is 4.90 Å². The standard InChI is InChI=1S/C13H12N4O3S/c1-17-8-4-6(2-3-7(8)11(19)12(17)20)21-13-15-9(14)5-10(18)16-13/h2-5,11,19H,1H3,(H3,14,15,16,18). The van der Waals surface area contributed by atoms with Crippen LogP contribution in [0.15, 0.2) is 39.1 Å². The number of rotatable bonds is 2. The van der Waals surface area contributed by atoms with Gasteiger partial charge in [-0.2, -0.15) is 0 Å². The zero-order chi connectivity index (χ0) is 15.1. The monoisotopic (exact) mass is 304 g/mol. The second-order valence-electron chi connectivity index (χ2n) is 4.60. The number of hydrogen-bond donors (Lipinski definition) is 3. The van der Waals surface area contributed by atoms with Gasteiger partial charge in [-0.1, -0.05) is 17.8 Å². The lowest BCUT2D eigenvalue weighted by Gasteiger charge is -2.10. The molecule has 0 spiro atoms. The van der Waals surface area contributed by atoms with Crippen LogP contribution < -0.4 is 16.2 Å². The van der Waals surface area contributed by atoms with Gasteiger partial charge in [-0.25, -0.2) is 4.98 Å². The van der Waals surface area contributed by atoms with Crippen LogP contribution in [-0.2, 0) is 4.79 Å². The number of nitrogens with zero attached hydrogens (tertiary/aromatic N) is 2. The third-order valence-electron chi connectivity index (χ3n) is 3.18. The maximum atomic E-state index is 11.7. The average Bonchev–Trinajstić information content (AvgIpc) is 2.63. The third kappa shape index (κ3) is 2.39. The summed E-state index contributed by atoms with van der Waals surface area (Å²) >= 11 is 1.22. The Bertz CT molecular complexity index is 789. The lowest BCUT2D eigenvalue weighted by atomic mass is 10.1. The fourth-order valence-electron chi connectivity index (χ4n) is 2.16. The predicted octanol–water partition coefficient (Wildman–Crippen LogP) is 0.513. The zero-order valence-corrected chi connectivity index (χ0v) is 11.8. The molecule has 0 saturated carbocycles. The molecule has 4 N–H and O–H groups in total. The first-order valence-corrected chi connectivity index (χ1v) is 6.91. The number of carbonyl (C=O) groups is 1. The summed E-state index contributed by atoms with van der Waals surface area (Å²) in [6, 6.07) is 6.41. The van der Waals surface area contributed by atoms with Crippen molar-refractivity contribution in [3.8, 4) is 0 Å². The van der Waals surface area contributed by atoms with Crippen molar-refractivity contribution in [3.63, 3.8) is 0 Å². The average molecular weight is 304 g/mol. The number of hydrogen-bond acceptors (Lipinski definition) is 6. The normalized spacial score (nSPS) is 17.1. The van der Waals surface area contributed by atoms with Gasteiger partial charge >= 0.3 is 0 Å². The Labute approximate surface area is 123 Å². The molecule has 1 aliphatic heterocycles. The van der Waals surface area contributed by atoms with Crippen molar-refractivity contribution >= 4 is 29.2 Å². The minimum absolute atomic E-state index is 0.144. The van der Waals surface area contributed by atoms with Crippen molar-refractivity contribution in [3.05, 3.63) is 40.2 Å². The number of nitrogens with one attached hydrogen (secondary N) is 1. The van der Waals surface area contributed by atoms with E-state index >= 15 is 0 Å². The van der Waals surface area contributed by atoms with E-state index < -0.39 is 6.10 Å². The maximum Gasteiger partial charge on any atom is 0.260 e. The smallest absolute Gasteiger partial charge is 0.260 e. The number of nitrogens with two attached hydrogens (primary N) is 1. The molecule has 21 heavy (non-hydrogen) atoms. The summed E-state index contributed by atoms with van der Waals surface area (Å²) in [4.78, 5) is 31.8. The van der Waals surface area contributed by atoms with E-state index in [1.807, 2.05) is 0 Å². The number of carbonyl (C=O) groups excluding carboxylic acids is 1. The van der Waals surface area contributed by atoms with Gasteiger partial charge in [-0.05, 0) is 12.1 Å². The van der Waals surface area contributed by atoms with Crippen molar-refractivity contribution in [2.45, 2.75) is 16.2 Å². The molecule has 2 heterocycles. The largest absolute Gasteiger partial charge is 0.383 e. The minimum Gasteiger partial charge on any atom is -0.383 e. The van der Waals surface area contributed by atoms with Crippen LogP contribution in [0.5, 0.6) is 0 Å². The molecule has 0 fully saturated rings. The zero-order valence-electron chi connectivity index (χ0n) is 11.0. The fraction of sp³-hybridized carbons (Fsp3) is 0.154. The summed E-state index contributed by atoms with van der Waals surface area (Å²) in [5, 5.41) is 10.2. The van der Waals surface area contributed by atoms with Crippen LogP contribution >= 0.6 is 11.8 Å². The molecule has 1 aromatic carbocycles. The first-order valence-electron chi connectivity index (χ1n) is 6.10. The van der Waals surface area contributed by atoms with E-state index in [-0.39, 0.29) is 17.3 Å². The Hall–Kier alpha value is -2.32. The molecule has 8 heteroatoms. The lowest BCUT2D eigenvalue weighted by Crippen LogP contribution is -2.23. The molecule has 1 aromatic heterocycles. The van der Waals surface area contributed by atoms with Crippen LogP contribution in [0, 0.1) is 0 Å². The first kappa shape index (κ1) is 13.7. The van der Waals surface area contributed by atoms with Crippen LogP contribution in [-0.4, -0.2) is 28.0 Å². The van der Waals surface area contributed by atoms with Gasteiger partial charge in [-0.15, -0.1) is 0 Å². The Morgan fingerprint density at radius 3 is 2.86 bits per heavy atom. The molecule has 0 aliphatic carbocycles. The van der Waals surface area contributed by atoms with Crippen molar-refractivity contribution in [1.82, 2.24) is 9.97 Å². The van der Waals surface area contributed by atoms with E-state index in [1.165, 1.54) is 22.7 Å². The van der Waals surface area contributed by atoms with Gasteiger partial charge in [0.25, 0.3) is 11.5 Å². The number of H-pyrrole nitrogens is 1. The van der Waals surface area contributed by atoms with Gasteiger partial charge in [-0.3, -0.25) is 9.59 Å². The van der Waals surface area contributed by atoms with Gasteiger partial charge in [0.1, 0.15) is 5.82 Å². The van der Waals surface area contributed by atoms with Crippen LogP contribution in [0.3, 0.4) is 0 Å². The van der Waals surface area contributed by atoms with Crippen molar-refractivity contribution < 1.29 is 9.90 Å². The lowest BCUT2D eigenvalue weighted by molar-refractivity contribution is -0.125. The quantitative estimate of drug-likeness (QED) is 0.697. The van der Waals surface area contributed by atoms with Gasteiger partial charge in [0.15, 0.2) is 11.3 Å². The van der Waals surface area contributed by atoms with E-state index in [2.05, 4.69) is 9.97 Å². The number of aliphatic hydroxyl groups is 1. The van der Waals surface area contributed by atoms with Crippen molar-refractivity contribution in [2.24, 2.45) is 0 Å². The van der Waals surface area contributed by atoms with E-state index in [1.54, 1.807) is 25.2 Å². The first-order chi connectivity index (χ1) is 9.95. The predicted molar refractivity (Wildman–Crippen MR) is 78.2 cm³/mol. The molecule has 7 nitrogen and oxygen atoms in total. The number of aromatic nitrogens is 2. The van der Waals surface area contributed by atoms with Crippen molar-refractivity contribution in [1.29, 1.82) is 0 Å². The molecule has 1 unspecified atom stereocenters. The summed E-state index contributed by atoms with van der Waals surface area (Å²) in [6.45, 7) is 0. The van der Waals surface area contributed by atoms with Gasteiger partial charge in [0.05, 0.1) is 5.69 Å². The number of amides is 1. The van der Waals surface area contributed by atoms with E-state index in [9.17, 15) is 14.7 Å². The van der Waals surface area contributed by atoms with Crippen LogP contribution in [0.1, 0.15) is 11.7 Å². The highest BCUT2D eigenvalue weighted by Gasteiger charge is 2.33. The molecule has 0 bridgehead atoms. The highest BCUT2D eigenvalue weighted by Crippen LogP contribution is 2.38. The molecular weight excluding hydrogens is 292 g/mol. The van der Waals surface area contributed by atoms with Crippen LogP contribution in [0.25, 0.3) is 0 Å². The van der Waals surface area contributed by atoms with Gasteiger partial charge in [0.2, 0.25) is 0 Å². The maximum absolute atomic E-state index is 11.7. The van der Waals surface area contributed by atoms with Crippen LogP contribution in [0.2, 0.25) is 0 Å². The third-order valence-corrected chi connectivity index (χ3v) is 4.05. The molecule has 108 valence electrons. The Morgan fingerprint density at radius 1 is 1.38 bits per heavy atom. The highest BCUT2D eigenvalue weighted by atomic mass is 32.2. The molecule has 1 atom stereocenters. The summed E-state index contributed by atoms with van der Waals surface area (Å²) in [6.07, 6.45) is -1.12. The molecule has 0 saturated heterocycles. The number of benzene rings is 1. The molecule has 1 amide bonds. The summed E-state index contributed by atoms with van der Waals surface area (Å²) < 4.78 is 0. The molecular formula is C13H12N4O3S.